The third-order valence-electron chi connectivity index (χ3n) is 9.95. The fourth-order valence-electron chi connectivity index (χ4n) is 6.47. The monoisotopic (exact) mass is 791 g/mol. The second-order valence-corrected chi connectivity index (χ2v) is 16.9. The van der Waals surface area contributed by atoms with Crippen LogP contribution in [0.3, 0.4) is 0 Å². The minimum atomic E-state index is -4.51. The van der Waals surface area contributed by atoms with E-state index in [1.165, 1.54) is 148 Å². The largest absolute Gasteiger partial charge is 0.472 e. The molecule has 10 heteroatoms. The van der Waals surface area contributed by atoms with Crippen LogP contribution in [0.15, 0.2) is 12.2 Å². The van der Waals surface area contributed by atoms with Gasteiger partial charge in [0, 0.05) is 13.0 Å². The van der Waals surface area contributed by atoms with Crippen LogP contribution in [0.2, 0.25) is 0 Å². The SMILES string of the molecule is CCCCCC/C=C\CCCCCCCC(=O)OC(COCCCCCCCCCCCCCCCCCCCCCC)COP(=O)(O)OCC(O)CO. The molecule has 9 nitrogen and oxygen atoms in total. The lowest BCUT2D eigenvalue weighted by Gasteiger charge is -2.20. The highest BCUT2D eigenvalue weighted by molar-refractivity contribution is 7.47. The number of aliphatic hydroxyl groups excluding tert-OH is 2. The van der Waals surface area contributed by atoms with E-state index in [-0.39, 0.29) is 25.6 Å². The molecule has 0 aliphatic rings. The van der Waals surface area contributed by atoms with Crippen molar-refractivity contribution in [3.05, 3.63) is 12.2 Å². The number of ether oxygens (including phenoxy) is 2. The van der Waals surface area contributed by atoms with Crippen LogP contribution in [-0.2, 0) is 27.9 Å². The summed E-state index contributed by atoms with van der Waals surface area (Å²) in [5.74, 6) is -0.388. The lowest BCUT2D eigenvalue weighted by atomic mass is 10.0. The first-order valence-corrected chi connectivity index (χ1v) is 24.2. The van der Waals surface area contributed by atoms with Crippen molar-refractivity contribution in [1.82, 2.24) is 0 Å². The van der Waals surface area contributed by atoms with Crippen LogP contribution in [0, 0.1) is 0 Å². The minimum absolute atomic E-state index is 0.0518. The zero-order chi connectivity index (χ0) is 39.6. The van der Waals surface area contributed by atoms with Crippen LogP contribution in [-0.4, -0.2) is 66.3 Å². The minimum Gasteiger partial charge on any atom is -0.457 e. The average molecular weight is 791 g/mol. The molecule has 0 saturated heterocycles. The van der Waals surface area contributed by atoms with Crippen molar-refractivity contribution >= 4 is 13.8 Å². The molecule has 3 N–H and O–H groups in total. The van der Waals surface area contributed by atoms with E-state index in [9.17, 15) is 19.4 Å². The lowest BCUT2D eigenvalue weighted by Crippen LogP contribution is -2.29. The predicted octanol–water partition coefficient (Wildman–Crippen LogP) is 12.5. The average Bonchev–Trinajstić information content (AvgIpc) is 3.16. The summed E-state index contributed by atoms with van der Waals surface area (Å²) in [6.45, 7) is 3.54. The van der Waals surface area contributed by atoms with Crippen molar-refractivity contribution in [3.8, 4) is 0 Å². The first-order valence-electron chi connectivity index (χ1n) is 22.7. The van der Waals surface area contributed by atoms with Crippen LogP contribution >= 0.6 is 7.82 Å². The summed E-state index contributed by atoms with van der Waals surface area (Å²) < 4.78 is 33.4. The van der Waals surface area contributed by atoms with Gasteiger partial charge >= 0.3 is 13.8 Å². The van der Waals surface area contributed by atoms with Crippen molar-refractivity contribution in [1.29, 1.82) is 0 Å². The maximum Gasteiger partial charge on any atom is 0.472 e. The molecular weight excluding hydrogens is 703 g/mol. The Balaban J connectivity index is 4.07. The molecule has 0 radical (unpaired) electrons. The maximum absolute atomic E-state index is 12.6. The second kappa shape index (κ2) is 41.8. The van der Waals surface area contributed by atoms with Gasteiger partial charge in [-0.1, -0.05) is 187 Å². The summed E-state index contributed by atoms with van der Waals surface area (Å²) in [6.07, 6.45) is 41.7. The van der Waals surface area contributed by atoms with Crippen molar-refractivity contribution < 1.29 is 43.0 Å². The highest BCUT2D eigenvalue weighted by Crippen LogP contribution is 2.43. The number of unbranched alkanes of at least 4 members (excludes halogenated alkanes) is 28. The fourth-order valence-corrected chi connectivity index (χ4v) is 7.26. The van der Waals surface area contributed by atoms with Crippen LogP contribution in [0.1, 0.15) is 219 Å². The summed E-state index contributed by atoms with van der Waals surface area (Å²) in [7, 11) is -4.51. The number of carbonyl (C=O) groups is 1. The molecule has 0 aromatic heterocycles. The molecule has 0 heterocycles. The number of carbonyl (C=O) groups excluding carboxylic acids is 1. The Bertz CT molecular complexity index is 856. The molecule has 0 aromatic rings. The number of esters is 1. The smallest absolute Gasteiger partial charge is 0.457 e. The molecule has 3 unspecified atom stereocenters. The number of aliphatic hydroxyl groups is 2. The third kappa shape index (κ3) is 40.9. The topological polar surface area (TPSA) is 132 Å². The molecule has 3 atom stereocenters. The van der Waals surface area contributed by atoms with Gasteiger partial charge in [-0.25, -0.2) is 4.57 Å². The first-order chi connectivity index (χ1) is 26.3. The van der Waals surface area contributed by atoms with Crippen molar-refractivity contribution in [2.24, 2.45) is 0 Å². The van der Waals surface area contributed by atoms with Gasteiger partial charge in [0.25, 0.3) is 0 Å². The van der Waals surface area contributed by atoms with E-state index in [1.807, 2.05) is 0 Å². The van der Waals surface area contributed by atoms with Gasteiger partial charge in [-0.15, -0.1) is 0 Å². The molecule has 0 aromatic carbocycles. The van der Waals surface area contributed by atoms with Gasteiger partial charge in [-0.2, -0.15) is 0 Å². The van der Waals surface area contributed by atoms with E-state index in [1.54, 1.807) is 0 Å². The Kier molecular flexibility index (Phi) is 41.2. The third-order valence-corrected chi connectivity index (χ3v) is 10.9. The van der Waals surface area contributed by atoms with E-state index < -0.39 is 33.2 Å². The van der Waals surface area contributed by atoms with Gasteiger partial charge in [0.1, 0.15) is 12.2 Å². The zero-order valence-electron chi connectivity index (χ0n) is 35.2. The summed E-state index contributed by atoms with van der Waals surface area (Å²) in [5.41, 5.74) is 0. The summed E-state index contributed by atoms with van der Waals surface area (Å²) >= 11 is 0. The number of rotatable bonds is 44. The first kappa shape index (κ1) is 53.2. The molecule has 0 fully saturated rings. The van der Waals surface area contributed by atoms with Gasteiger partial charge in [0.15, 0.2) is 0 Å². The normalized spacial score (nSPS) is 14.1. The fraction of sp³-hybridized carbons (Fsp3) is 0.932. The number of hydrogen-bond donors (Lipinski definition) is 3. The van der Waals surface area contributed by atoms with E-state index in [0.29, 0.717) is 6.61 Å². The number of allylic oxidation sites excluding steroid dienone is 2. The molecule has 0 amide bonds. The quantitative estimate of drug-likeness (QED) is 0.0239. The van der Waals surface area contributed by atoms with E-state index in [0.717, 1.165) is 51.4 Å². The highest BCUT2D eigenvalue weighted by atomic mass is 31.2. The number of phosphoric ester groups is 1. The van der Waals surface area contributed by atoms with E-state index in [4.69, 9.17) is 23.6 Å². The van der Waals surface area contributed by atoms with Gasteiger partial charge in [-0.3, -0.25) is 13.8 Å². The van der Waals surface area contributed by atoms with Crippen molar-refractivity contribution in [3.63, 3.8) is 0 Å². The molecule has 0 aliphatic heterocycles. The lowest BCUT2D eigenvalue weighted by molar-refractivity contribution is -0.154. The van der Waals surface area contributed by atoms with Gasteiger partial charge in [0.2, 0.25) is 0 Å². The molecule has 0 rings (SSSR count). The van der Waals surface area contributed by atoms with Gasteiger partial charge in [-0.05, 0) is 38.5 Å². The maximum atomic E-state index is 12.6. The van der Waals surface area contributed by atoms with Crippen molar-refractivity contribution in [2.45, 2.75) is 232 Å². The summed E-state index contributed by atoms with van der Waals surface area (Å²) in [5, 5.41) is 18.3. The van der Waals surface area contributed by atoms with Crippen molar-refractivity contribution in [2.75, 3.05) is 33.0 Å². The molecule has 54 heavy (non-hydrogen) atoms. The van der Waals surface area contributed by atoms with Crippen LogP contribution < -0.4 is 0 Å². The van der Waals surface area contributed by atoms with Gasteiger partial charge < -0.3 is 24.6 Å². The Labute approximate surface area is 332 Å². The molecule has 0 spiro atoms. The van der Waals surface area contributed by atoms with E-state index >= 15 is 0 Å². The Morgan fingerprint density at radius 3 is 1.41 bits per heavy atom. The van der Waals surface area contributed by atoms with Gasteiger partial charge in [0.05, 0.1) is 26.4 Å². The predicted molar refractivity (Wildman–Crippen MR) is 224 cm³/mol. The van der Waals surface area contributed by atoms with Crippen LogP contribution in [0.4, 0.5) is 0 Å². The Morgan fingerprint density at radius 2 is 0.944 bits per heavy atom. The molecule has 0 saturated carbocycles. The Hall–Kier alpha value is -0.800. The molecule has 0 aliphatic carbocycles. The number of phosphoric acid groups is 1. The summed E-state index contributed by atoms with van der Waals surface area (Å²) in [4.78, 5) is 22.6. The number of hydrogen-bond acceptors (Lipinski definition) is 8. The van der Waals surface area contributed by atoms with E-state index in [2.05, 4.69) is 26.0 Å². The highest BCUT2D eigenvalue weighted by Gasteiger charge is 2.26. The Morgan fingerprint density at radius 1 is 0.556 bits per heavy atom. The van der Waals surface area contributed by atoms with Crippen LogP contribution in [0.25, 0.3) is 0 Å². The standard InChI is InChI=1S/C44H87O9P/c1-3-5-7-9-11-13-15-17-18-19-20-21-22-23-25-27-29-31-33-35-37-50-40-43(41-52-54(48,49)51-39-42(46)38-45)53-44(47)36-34-32-30-28-26-24-16-14-12-10-8-6-4-2/h14,16,42-43,45-46H,3-13,15,17-41H2,1-2H3,(H,48,49)/b16-14-. The van der Waals surface area contributed by atoms with Crippen LogP contribution in [0.5, 0.6) is 0 Å². The molecular formula is C44H87O9P. The summed E-state index contributed by atoms with van der Waals surface area (Å²) in [6, 6.07) is 0. The second-order valence-electron chi connectivity index (χ2n) is 15.4. The molecule has 322 valence electrons. The zero-order valence-corrected chi connectivity index (χ0v) is 36.1. The molecule has 0 bridgehead atoms.